The molecule has 1 aliphatic heterocycles. The Hall–Kier alpha value is -1.80. The standard InChI is InChI=1S/C17H16Cl2N4/c18-14-3-2-13(16(19)7-14)10-21-15-5-6-23(11-15)17-4-1-12(8-20)9-22-17/h1-4,7,9,15,21H,5-6,10-11H2/t15-/m0/s1. The summed E-state index contributed by atoms with van der Waals surface area (Å²) >= 11 is 12.1. The van der Waals surface area contributed by atoms with Gasteiger partial charge in [0, 0.05) is 41.9 Å². The van der Waals surface area contributed by atoms with Gasteiger partial charge < -0.3 is 10.2 Å². The van der Waals surface area contributed by atoms with Gasteiger partial charge in [-0.25, -0.2) is 4.98 Å². The maximum atomic E-state index is 8.82. The molecule has 1 atom stereocenters. The molecule has 0 bridgehead atoms. The zero-order chi connectivity index (χ0) is 16.2. The van der Waals surface area contributed by atoms with Crippen molar-refractivity contribution in [3.63, 3.8) is 0 Å². The zero-order valence-corrected chi connectivity index (χ0v) is 14.0. The Bertz CT molecular complexity index is 724. The SMILES string of the molecule is N#Cc1ccc(N2CC[C@H](NCc3ccc(Cl)cc3Cl)C2)nc1. The highest BCUT2D eigenvalue weighted by molar-refractivity contribution is 6.35. The molecule has 4 nitrogen and oxygen atoms in total. The first-order chi connectivity index (χ1) is 11.2. The third kappa shape index (κ3) is 3.94. The van der Waals surface area contributed by atoms with Crippen molar-refractivity contribution in [3.8, 4) is 6.07 Å². The topological polar surface area (TPSA) is 52.0 Å². The van der Waals surface area contributed by atoms with Crippen molar-refractivity contribution in [2.45, 2.75) is 19.0 Å². The highest BCUT2D eigenvalue weighted by atomic mass is 35.5. The number of nitrogens with one attached hydrogen (secondary N) is 1. The van der Waals surface area contributed by atoms with Crippen LogP contribution < -0.4 is 10.2 Å². The summed E-state index contributed by atoms with van der Waals surface area (Å²) in [5.41, 5.74) is 1.63. The maximum absolute atomic E-state index is 8.82. The van der Waals surface area contributed by atoms with Crippen molar-refractivity contribution in [3.05, 3.63) is 57.7 Å². The molecule has 1 aromatic heterocycles. The van der Waals surface area contributed by atoms with E-state index < -0.39 is 0 Å². The van der Waals surface area contributed by atoms with Crippen LogP contribution in [0.1, 0.15) is 17.5 Å². The lowest BCUT2D eigenvalue weighted by molar-refractivity contribution is 0.551. The molecule has 1 N–H and O–H groups in total. The summed E-state index contributed by atoms with van der Waals surface area (Å²) < 4.78 is 0. The summed E-state index contributed by atoms with van der Waals surface area (Å²) in [5.74, 6) is 0.915. The van der Waals surface area contributed by atoms with Crippen molar-refractivity contribution in [2.75, 3.05) is 18.0 Å². The number of hydrogen-bond acceptors (Lipinski definition) is 4. The molecule has 0 spiro atoms. The van der Waals surface area contributed by atoms with Gasteiger partial charge in [-0.1, -0.05) is 29.3 Å². The Morgan fingerprint density at radius 1 is 1.30 bits per heavy atom. The number of nitriles is 1. The van der Waals surface area contributed by atoms with Crippen LogP contribution in [0.4, 0.5) is 5.82 Å². The van der Waals surface area contributed by atoms with Crippen LogP contribution in [0.15, 0.2) is 36.5 Å². The number of anilines is 1. The van der Waals surface area contributed by atoms with E-state index in [2.05, 4.69) is 21.3 Å². The second kappa shape index (κ2) is 7.18. The van der Waals surface area contributed by atoms with Crippen LogP contribution in [0.25, 0.3) is 0 Å². The average molecular weight is 347 g/mol. The summed E-state index contributed by atoms with van der Waals surface area (Å²) in [7, 11) is 0. The molecular weight excluding hydrogens is 331 g/mol. The summed E-state index contributed by atoms with van der Waals surface area (Å²) in [5, 5.41) is 13.7. The molecule has 2 heterocycles. The summed E-state index contributed by atoms with van der Waals surface area (Å²) in [6, 6.07) is 11.7. The zero-order valence-electron chi connectivity index (χ0n) is 12.5. The Morgan fingerprint density at radius 2 is 2.17 bits per heavy atom. The third-order valence-electron chi connectivity index (χ3n) is 3.99. The van der Waals surface area contributed by atoms with Crippen LogP contribution in [0.5, 0.6) is 0 Å². The van der Waals surface area contributed by atoms with Crippen molar-refractivity contribution in [1.82, 2.24) is 10.3 Å². The van der Waals surface area contributed by atoms with Gasteiger partial charge in [0.25, 0.3) is 0 Å². The van der Waals surface area contributed by atoms with Gasteiger partial charge in [0.05, 0.1) is 5.56 Å². The van der Waals surface area contributed by atoms with Gasteiger partial charge in [-0.15, -0.1) is 0 Å². The van der Waals surface area contributed by atoms with Gasteiger partial charge in [-0.2, -0.15) is 5.26 Å². The number of pyridine rings is 1. The minimum atomic E-state index is 0.388. The Labute approximate surface area is 145 Å². The summed E-state index contributed by atoms with van der Waals surface area (Å²) in [4.78, 5) is 6.57. The van der Waals surface area contributed by atoms with Crippen LogP contribution in [0.2, 0.25) is 10.0 Å². The van der Waals surface area contributed by atoms with E-state index in [0.29, 0.717) is 21.7 Å². The second-order valence-corrected chi connectivity index (χ2v) is 6.41. The van der Waals surface area contributed by atoms with E-state index in [0.717, 1.165) is 37.4 Å². The smallest absolute Gasteiger partial charge is 0.128 e. The molecule has 0 saturated carbocycles. The van der Waals surface area contributed by atoms with Gasteiger partial charge in [0.2, 0.25) is 0 Å². The third-order valence-corrected chi connectivity index (χ3v) is 4.57. The van der Waals surface area contributed by atoms with Crippen LogP contribution in [-0.4, -0.2) is 24.1 Å². The van der Waals surface area contributed by atoms with E-state index in [4.69, 9.17) is 28.5 Å². The van der Waals surface area contributed by atoms with Crippen LogP contribution in [0.3, 0.4) is 0 Å². The lowest BCUT2D eigenvalue weighted by Gasteiger charge is -2.18. The van der Waals surface area contributed by atoms with Gasteiger partial charge in [-0.05, 0) is 36.2 Å². The first kappa shape index (κ1) is 16.1. The molecule has 118 valence electrons. The highest BCUT2D eigenvalue weighted by Crippen LogP contribution is 2.22. The number of halogens is 2. The molecule has 0 amide bonds. The first-order valence-electron chi connectivity index (χ1n) is 7.44. The predicted molar refractivity (Wildman–Crippen MR) is 92.9 cm³/mol. The van der Waals surface area contributed by atoms with Crippen molar-refractivity contribution < 1.29 is 0 Å². The number of hydrogen-bond donors (Lipinski definition) is 1. The molecule has 0 unspecified atom stereocenters. The van der Waals surface area contributed by atoms with Crippen LogP contribution in [0, 0.1) is 11.3 Å². The fraction of sp³-hybridized carbons (Fsp3) is 0.294. The van der Waals surface area contributed by atoms with Crippen LogP contribution in [-0.2, 0) is 6.54 Å². The van der Waals surface area contributed by atoms with Gasteiger partial charge >= 0.3 is 0 Å². The number of aromatic nitrogens is 1. The summed E-state index contributed by atoms with van der Waals surface area (Å²) in [6.45, 7) is 2.56. The maximum Gasteiger partial charge on any atom is 0.128 e. The molecule has 23 heavy (non-hydrogen) atoms. The minimum Gasteiger partial charge on any atom is -0.355 e. The van der Waals surface area contributed by atoms with Crippen molar-refractivity contribution in [2.24, 2.45) is 0 Å². The van der Waals surface area contributed by atoms with E-state index in [1.165, 1.54) is 0 Å². The fourth-order valence-corrected chi connectivity index (χ4v) is 3.17. The predicted octanol–water partition coefficient (Wildman–Crippen LogP) is 3.63. The second-order valence-electron chi connectivity index (χ2n) is 5.57. The largest absolute Gasteiger partial charge is 0.355 e. The number of rotatable bonds is 4. The van der Waals surface area contributed by atoms with E-state index in [-0.39, 0.29) is 0 Å². The number of nitrogens with zero attached hydrogens (tertiary/aromatic N) is 3. The van der Waals surface area contributed by atoms with E-state index in [9.17, 15) is 0 Å². The van der Waals surface area contributed by atoms with Crippen molar-refractivity contribution in [1.29, 1.82) is 5.26 Å². The normalized spacial score (nSPS) is 17.3. The van der Waals surface area contributed by atoms with Crippen LogP contribution >= 0.6 is 23.2 Å². The average Bonchev–Trinajstić information content (AvgIpc) is 3.03. The lowest BCUT2D eigenvalue weighted by atomic mass is 10.2. The molecule has 1 fully saturated rings. The molecule has 0 aliphatic carbocycles. The molecule has 0 radical (unpaired) electrons. The molecule has 1 saturated heterocycles. The van der Waals surface area contributed by atoms with E-state index >= 15 is 0 Å². The van der Waals surface area contributed by atoms with E-state index in [1.54, 1.807) is 18.3 Å². The quantitative estimate of drug-likeness (QED) is 0.918. The molecule has 1 aromatic carbocycles. The monoisotopic (exact) mass is 346 g/mol. The number of benzene rings is 1. The molecule has 1 aliphatic rings. The molecule has 3 rings (SSSR count). The molecular formula is C17H16Cl2N4. The van der Waals surface area contributed by atoms with Gasteiger partial charge in [0.15, 0.2) is 0 Å². The Kier molecular flexibility index (Phi) is 5.02. The fourth-order valence-electron chi connectivity index (χ4n) is 2.69. The molecule has 6 heteroatoms. The Morgan fingerprint density at radius 3 is 2.87 bits per heavy atom. The summed E-state index contributed by atoms with van der Waals surface area (Å²) in [6.07, 6.45) is 2.66. The molecule has 2 aromatic rings. The van der Waals surface area contributed by atoms with Gasteiger partial charge in [-0.3, -0.25) is 0 Å². The van der Waals surface area contributed by atoms with Crippen molar-refractivity contribution >= 4 is 29.0 Å². The first-order valence-corrected chi connectivity index (χ1v) is 8.20. The van der Waals surface area contributed by atoms with E-state index in [1.807, 2.05) is 18.2 Å². The highest BCUT2D eigenvalue weighted by Gasteiger charge is 2.23. The Balaban J connectivity index is 1.56. The lowest BCUT2D eigenvalue weighted by Crippen LogP contribution is -2.32. The minimum absolute atomic E-state index is 0.388. The van der Waals surface area contributed by atoms with Gasteiger partial charge in [0.1, 0.15) is 11.9 Å².